The summed E-state index contributed by atoms with van der Waals surface area (Å²) in [6.45, 7) is 3.21. The number of hydrogen-bond acceptors (Lipinski definition) is 4. The molecule has 4 nitrogen and oxygen atoms in total. The van der Waals surface area contributed by atoms with Crippen molar-refractivity contribution in [2.24, 2.45) is 0 Å². The highest BCUT2D eigenvalue weighted by Crippen LogP contribution is 2.34. The summed E-state index contributed by atoms with van der Waals surface area (Å²) in [5.41, 5.74) is 5.66. The molecule has 1 saturated heterocycles. The number of rotatable bonds is 8. The maximum Gasteiger partial charge on any atom is 0.127 e. The van der Waals surface area contributed by atoms with Gasteiger partial charge in [0, 0.05) is 47.9 Å². The van der Waals surface area contributed by atoms with E-state index in [-0.39, 0.29) is 0 Å². The maximum absolute atomic E-state index is 11.0. The summed E-state index contributed by atoms with van der Waals surface area (Å²) in [4.78, 5) is 2.46. The first-order valence-electron chi connectivity index (χ1n) is 12.4. The van der Waals surface area contributed by atoms with Crippen LogP contribution in [0.3, 0.4) is 0 Å². The lowest BCUT2D eigenvalue weighted by molar-refractivity contribution is 0.236. The van der Waals surface area contributed by atoms with Gasteiger partial charge in [-0.15, -0.1) is 0 Å². The number of nitrogens with zero attached hydrogens (tertiary/aromatic N) is 1. The standard InChI is InChI=1S/C31H32N2O2/c34-30-25(14-7-17-28(30)23-10-3-1-4-11-23)20-32-21-27-16-9-19-33(27)22-26-15-8-18-29(31(26)35)24-12-5-2-6-13-24/h1-8,10-15,17-18,27,32,34-35H,9,16,19-22H2. The van der Waals surface area contributed by atoms with Crippen LogP contribution in [0.15, 0.2) is 97.1 Å². The van der Waals surface area contributed by atoms with Gasteiger partial charge >= 0.3 is 0 Å². The van der Waals surface area contributed by atoms with E-state index in [2.05, 4.69) is 10.2 Å². The Kier molecular flexibility index (Phi) is 7.12. The van der Waals surface area contributed by atoms with Crippen molar-refractivity contribution in [1.29, 1.82) is 0 Å². The Morgan fingerprint density at radius 1 is 0.686 bits per heavy atom. The lowest BCUT2D eigenvalue weighted by atomic mass is 10.0. The van der Waals surface area contributed by atoms with E-state index < -0.39 is 0 Å². The summed E-state index contributed by atoms with van der Waals surface area (Å²) in [5, 5.41) is 25.4. The lowest BCUT2D eigenvalue weighted by Gasteiger charge is -2.26. The third-order valence-electron chi connectivity index (χ3n) is 6.98. The van der Waals surface area contributed by atoms with E-state index in [1.165, 1.54) is 0 Å². The SMILES string of the molecule is Oc1c(CNCC2CCCN2Cc2cccc(-c3ccccc3)c2O)cccc1-c1ccccc1. The summed E-state index contributed by atoms with van der Waals surface area (Å²) < 4.78 is 0. The van der Waals surface area contributed by atoms with Gasteiger partial charge in [-0.2, -0.15) is 0 Å². The van der Waals surface area contributed by atoms with Gasteiger partial charge < -0.3 is 15.5 Å². The molecule has 3 N–H and O–H groups in total. The molecule has 1 aliphatic rings. The van der Waals surface area contributed by atoms with Crippen molar-refractivity contribution in [3.05, 3.63) is 108 Å². The van der Waals surface area contributed by atoms with Gasteiger partial charge in [-0.25, -0.2) is 0 Å². The second-order valence-corrected chi connectivity index (χ2v) is 9.26. The summed E-state index contributed by atoms with van der Waals surface area (Å²) in [6.07, 6.45) is 2.28. The largest absolute Gasteiger partial charge is 0.507 e. The normalized spacial score (nSPS) is 15.9. The van der Waals surface area contributed by atoms with Gasteiger partial charge in [-0.1, -0.05) is 97.1 Å². The number of aromatic hydroxyl groups is 2. The van der Waals surface area contributed by atoms with Crippen LogP contribution in [0.1, 0.15) is 24.0 Å². The molecule has 1 fully saturated rings. The molecule has 4 heteroatoms. The topological polar surface area (TPSA) is 55.7 Å². The van der Waals surface area contributed by atoms with E-state index in [1.807, 2.05) is 97.1 Å². The van der Waals surface area contributed by atoms with Crippen LogP contribution in [0.2, 0.25) is 0 Å². The van der Waals surface area contributed by atoms with E-state index in [0.717, 1.165) is 65.9 Å². The second kappa shape index (κ2) is 10.8. The van der Waals surface area contributed by atoms with Crippen LogP contribution in [0, 0.1) is 0 Å². The van der Waals surface area contributed by atoms with Crippen molar-refractivity contribution < 1.29 is 10.2 Å². The van der Waals surface area contributed by atoms with E-state index >= 15 is 0 Å². The van der Waals surface area contributed by atoms with Gasteiger partial charge in [0.25, 0.3) is 0 Å². The number of phenolic OH excluding ortho intramolecular Hbond substituents is 2. The van der Waals surface area contributed by atoms with Gasteiger partial charge in [0.05, 0.1) is 0 Å². The monoisotopic (exact) mass is 464 g/mol. The van der Waals surface area contributed by atoms with Crippen molar-refractivity contribution in [3.8, 4) is 33.8 Å². The number of phenols is 2. The van der Waals surface area contributed by atoms with Gasteiger partial charge in [-0.05, 0) is 30.5 Å². The molecule has 0 bridgehead atoms. The van der Waals surface area contributed by atoms with Crippen LogP contribution in [0.4, 0.5) is 0 Å². The molecule has 0 amide bonds. The summed E-state index contributed by atoms with van der Waals surface area (Å²) in [7, 11) is 0. The molecule has 1 unspecified atom stereocenters. The fourth-order valence-electron chi connectivity index (χ4n) is 5.08. The minimum atomic E-state index is 0.345. The molecule has 1 heterocycles. The fraction of sp³-hybridized carbons (Fsp3) is 0.226. The van der Waals surface area contributed by atoms with Crippen molar-refractivity contribution >= 4 is 0 Å². The molecule has 4 aromatic carbocycles. The molecule has 178 valence electrons. The van der Waals surface area contributed by atoms with E-state index in [9.17, 15) is 10.2 Å². The highest BCUT2D eigenvalue weighted by Gasteiger charge is 2.25. The Morgan fingerprint density at radius 3 is 1.89 bits per heavy atom. The minimum absolute atomic E-state index is 0.345. The zero-order chi connectivity index (χ0) is 24.0. The molecule has 0 aliphatic carbocycles. The molecule has 35 heavy (non-hydrogen) atoms. The van der Waals surface area contributed by atoms with Crippen molar-refractivity contribution in [1.82, 2.24) is 10.2 Å². The first-order chi connectivity index (χ1) is 17.2. The average Bonchev–Trinajstić information content (AvgIpc) is 3.34. The fourth-order valence-corrected chi connectivity index (χ4v) is 5.08. The quantitative estimate of drug-likeness (QED) is 0.291. The van der Waals surface area contributed by atoms with Gasteiger partial charge in [-0.3, -0.25) is 4.90 Å². The highest BCUT2D eigenvalue weighted by atomic mass is 16.3. The smallest absolute Gasteiger partial charge is 0.127 e. The summed E-state index contributed by atoms with van der Waals surface area (Å²) in [6, 6.07) is 32.4. The van der Waals surface area contributed by atoms with Gasteiger partial charge in [0.15, 0.2) is 0 Å². The zero-order valence-electron chi connectivity index (χ0n) is 19.9. The van der Waals surface area contributed by atoms with E-state index in [1.54, 1.807) is 0 Å². The van der Waals surface area contributed by atoms with Gasteiger partial charge in [0.1, 0.15) is 11.5 Å². The van der Waals surface area contributed by atoms with E-state index in [0.29, 0.717) is 24.1 Å². The number of hydrogen-bond donors (Lipinski definition) is 3. The van der Waals surface area contributed by atoms with Crippen LogP contribution in [-0.4, -0.2) is 34.2 Å². The summed E-state index contributed by atoms with van der Waals surface area (Å²) >= 11 is 0. The molecular weight excluding hydrogens is 432 g/mol. The Bertz CT molecular complexity index is 1260. The predicted molar refractivity (Wildman–Crippen MR) is 142 cm³/mol. The Labute approximate surface area is 207 Å². The molecule has 1 aliphatic heterocycles. The van der Waals surface area contributed by atoms with Gasteiger partial charge in [0.2, 0.25) is 0 Å². The molecule has 1 atom stereocenters. The summed E-state index contributed by atoms with van der Waals surface area (Å²) in [5.74, 6) is 0.720. The molecular formula is C31H32N2O2. The van der Waals surface area contributed by atoms with Crippen LogP contribution >= 0.6 is 0 Å². The maximum atomic E-state index is 11.0. The first-order valence-corrected chi connectivity index (χ1v) is 12.4. The zero-order valence-corrected chi connectivity index (χ0v) is 19.9. The number of likely N-dealkylation sites (tertiary alicyclic amines) is 1. The number of para-hydroxylation sites is 2. The van der Waals surface area contributed by atoms with E-state index in [4.69, 9.17) is 0 Å². The number of benzene rings is 4. The van der Waals surface area contributed by atoms with Crippen molar-refractivity contribution in [2.45, 2.75) is 32.0 Å². The third kappa shape index (κ3) is 5.24. The molecule has 0 spiro atoms. The van der Waals surface area contributed by atoms with Crippen molar-refractivity contribution in [2.75, 3.05) is 13.1 Å². The Balaban J connectivity index is 1.23. The molecule has 5 rings (SSSR count). The highest BCUT2D eigenvalue weighted by molar-refractivity contribution is 5.72. The molecule has 0 saturated carbocycles. The van der Waals surface area contributed by atoms with Crippen LogP contribution < -0.4 is 5.32 Å². The Hall–Kier alpha value is -3.60. The van der Waals surface area contributed by atoms with Crippen LogP contribution in [0.5, 0.6) is 11.5 Å². The predicted octanol–water partition coefficient (Wildman–Crippen LogP) is 6.19. The van der Waals surface area contributed by atoms with Crippen LogP contribution in [-0.2, 0) is 13.1 Å². The Morgan fingerprint density at radius 2 is 1.26 bits per heavy atom. The lowest BCUT2D eigenvalue weighted by Crippen LogP contribution is -2.37. The second-order valence-electron chi connectivity index (χ2n) is 9.26. The van der Waals surface area contributed by atoms with Crippen molar-refractivity contribution in [3.63, 3.8) is 0 Å². The van der Waals surface area contributed by atoms with Crippen LogP contribution in [0.25, 0.3) is 22.3 Å². The molecule has 4 aromatic rings. The molecule has 0 aromatic heterocycles. The average molecular weight is 465 g/mol. The minimum Gasteiger partial charge on any atom is -0.507 e. The first kappa shape index (κ1) is 23.2. The number of nitrogens with one attached hydrogen (secondary N) is 1. The third-order valence-corrected chi connectivity index (χ3v) is 6.98. The molecule has 0 radical (unpaired) electrons.